The molecular weight excluding hydrogens is 552 g/mol. The maximum atomic E-state index is 12.8. The highest BCUT2D eigenvalue weighted by Crippen LogP contribution is 2.37. The van der Waals surface area contributed by atoms with Crippen molar-refractivity contribution in [1.29, 1.82) is 0 Å². The molecule has 1 aliphatic heterocycles. The normalized spacial score (nSPS) is 24.7. The lowest BCUT2D eigenvalue weighted by Crippen LogP contribution is -2.41. The number of nitrogens with zero attached hydrogens (tertiary/aromatic N) is 5. The first-order chi connectivity index (χ1) is 21.5. The molecule has 6 rings (SSSR count). The summed E-state index contributed by atoms with van der Waals surface area (Å²) in [7, 11) is 0. The predicted molar refractivity (Wildman–Crippen MR) is 175 cm³/mol. The molecule has 10 heteroatoms. The molecule has 1 aromatic carbocycles. The number of aliphatic hydroxyl groups excluding tert-OH is 1. The Kier molecular flexibility index (Phi) is 9.96. The number of amides is 1. The van der Waals surface area contributed by atoms with E-state index in [1.165, 1.54) is 30.4 Å². The molecule has 0 bridgehead atoms. The Morgan fingerprint density at radius 1 is 0.977 bits per heavy atom. The monoisotopic (exact) mass is 602 g/mol. The van der Waals surface area contributed by atoms with Crippen LogP contribution in [0, 0.1) is 25.7 Å². The van der Waals surface area contributed by atoms with Crippen molar-refractivity contribution in [3.63, 3.8) is 0 Å². The summed E-state index contributed by atoms with van der Waals surface area (Å²) in [6.45, 7) is 8.51. The third-order valence-electron chi connectivity index (χ3n) is 10.1. The molecule has 3 aromatic rings. The number of carbonyl (C=O) groups is 1. The number of likely N-dealkylation sites (tertiary alicyclic amines) is 1. The second-order valence-electron chi connectivity index (χ2n) is 13.4. The second kappa shape index (κ2) is 14.2. The molecule has 0 unspecified atom stereocenters. The minimum absolute atomic E-state index is 0.0900. The van der Waals surface area contributed by atoms with Crippen molar-refractivity contribution in [2.24, 2.45) is 11.8 Å². The van der Waals surface area contributed by atoms with Gasteiger partial charge in [0.2, 0.25) is 17.8 Å². The predicted octanol–water partition coefficient (Wildman–Crippen LogP) is 5.48. The van der Waals surface area contributed by atoms with E-state index in [0.717, 1.165) is 100 Å². The smallest absolute Gasteiger partial charge is 0.224 e. The van der Waals surface area contributed by atoms with Crippen LogP contribution < -0.4 is 16.0 Å². The molecule has 1 amide bonds. The molecule has 10 nitrogen and oxygen atoms in total. The van der Waals surface area contributed by atoms with Gasteiger partial charge in [0.25, 0.3) is 0 Å². The zero-order valence-electron chi connectivity index (χ0n) is 26.5. The number of carbonyl (C=O) groups excluding carboxylic acids is 1. The Balaban J connectivity index is 1.11. The first-order valence-electron chi connectivity index (χ1n) is 16.9. The highest BCUT2D eigenvalue weighted by molar-refractivity contribution is 5.79. The molecule has 0 atom stereocenters. The van der Waals surface area contributed by atoms with Crippen molar-refractivity contribution in [3.8, 4) is 0 Å². The van der Waals surface area contributed by atoms with Crippen LogP contribution in [0.5, 0.6) is 0 Å². The van der Waals surface area contributed by atoms with Gasteiger partial charge in [-0.05, 0) is 109 Å². The fourth-order valence-electron chi connectivity index (χ4n) is 7.40. The summed E-state index contributed by atoms with van der Waals surface area (Å²) in [5.74, 6) is 2.08. The lowest BCUT2D eigenvalue weighted by Gasteiger charge is -2.30. The van der Waals surface area contributed by atoms with Gasteiger partial charge in [-0.25, -0.2) is 9.97 Å². The van der Waals surface area contributed by atoms with E-state index < -0.39 is 0 Å². The van der Waals surface area contributed by atoms with Gasteiger partial charge in [0.15, 0.2) is 5.65 Å². The Morgan fingerprint density at radius 3 is 2.48 bits per heavy atom. The van der Waals surface area contributed by atoms with Gasteiger partial charge in [-0.1, -0.05) is 24.1 Å². The first kappa shape index (κ1) is 30.8. The molecule has 0 spiro atoms. The molecule has 2 aliphatic carbocycles. The molecular formula is C34H50N8O2. The van der Waals surface area contributed by atoms with Crippen LogP contribution in [0.15, 0.2) is 24.4 Å². The summed E-state index contributed by atoms with van der Waals surface area (Å²) in [5, 5.41) is 20.1. The van der Waals surface area contributed by atoms with E-state index in [4.69, 9.17) is 9.97 Å². The van der Waals surface area contributed by atoms with Crippen molar-refractivity contribution in [3.05, 3.63) is 35.5 Å². The molecule has 238 valence electrons. The summed E-state index contributed by atoms with van der Waals surface area (Å²) >= 11 is 0. The number of piperidine rings is 1. The van der Waals surface area contributed by atoms with E-state index in [9.17, 15) is 9.90 Å². The standard InChI is InChI=1S/C34H50N8O2/c1-23-6-15-29(24(2)20-23)38-34-39-30-21-36-33(40-31(30)42(34)28-13-7-25(22-43)8-14-28)37-27-11-9-26(10-12-27)32(44)35-16-19-41-17-4-3-5-18-41/h6,15,20-21,25-28,43H,3-5,7-14,16-19,22H2,1-2H3,(H,35,44)(H,38,39)(H,36,37,40). The van der Waals surface area contributed by atoms with Crippen LogP contribution in [-0.4, -0.2) is 74.3 Å². The third kappa shape index (κ3) is 7.34. The highest BCUT2D eigenvalue weighted by atomic mass is 16.3. The SMILES string of the molecule is Cc1ccc(Nc2nc3cnc(NC4CCC(C(=O)NCCN5CCCCC5)CC4)nc3n2C2CCC(CO)CC2)c(C)c1. The van der Waals surface area contributed by atoms with Crippen LogP contribution in [0.1, 0.15) is 87.8 Å². The van der Waals surface area contributed by atoms with E-state index in [0.29, 0.717) is 11.9 Å². The van der Waals surface area contributed by atoms with Crippen molar-refractivity contribution in [2.45, 2.75) is 96.6 Å². The van der Waals surface area contributed by atoms with Crippen molar-refractivity contribution in [2.75, 3.05) is 43.4 Å². The zero-order valence-corrected chi connectivity index (χ0v) is 26.5. The topological polar surface area (TPSA) is 120 Å². The summed E-state index contributed by atoms with van der Waals surface area (Å²) < 4.78 is 2.26. The summed E-state index contributed by atoms with van der Waals surface area (Å²) in [5.41, 5.74) is 5.05. The Bertz CT molecular complexity index is 1400. The third-order valence-corrected chi connectivity index (χ3v) is 10.1. The van der Waals surface area contributed by atoms with Crippen LogP contribution in [0.4, 0.5) is 17.6 Å². The van der Waals surface area contributed by atoms with E-state index in [1.54, 1.807) is 0 Å². The maximum Gasteiger partial charge on any atom is 0.224 e. The Hall–Kier alpha value is -3.24. The molecule has 3 heterocycles. The van der Waals surface area contributed by atoms with Crippen LogP contribution in [0.25, 0.3) is 11.2 Å². The number of anilines is 3. The van der Waals surface area contributed by atoms with Crippen molar-refractivity contribution in [1.82, 2.24) is 29.7 Å². The summed E-state index contributed by atoms with van der Waals surface area (Å²) in [6.07, 6.45) is 13.3. The van der Waals surface area contributed by atoms with Crippen LogP contribution in [0.2, 0.25) is 0 Å². The van der Waals surface area contributed by atoms with E-state index >= 15 is 0 Å². The minimum Gasteiger partial charge on any atom is -0.396 e. The molecule has 2 saturated carbocycles. The molecule has 2 aromatic heterocycles. The zero-order chi connectivity index (χ0) is 30.5. The van der Waals surface area contributed by atoms with Crippen LogP contribution in [-0.2, 0) is 4.79 Å². The second-order valence-corrected chi connectivity index (χ2v) is 13.4. The molecule has 4 N–H and O–H groups in total. The quantitative estimate of drug-likeness (QED) is 0.241. The van der Waals surface area contributed by atoms with Gasteiger partial charge < -0.3 is 26.0 Å². The van der Waals surface area contributed by atoms with Crippen LogP contribution in [0.3, 0.4) is 0 Å². The largest absolute Gasteiger partial charge is 0.396 e. The number of fused-ring (bicyclic) bond motifs is 1. The van der Waals surface area contributed by atoms with E-state index in [2.05, 4.69) is 62.4 Å². The average molecular weight is 603 g/mol. The molecule has 44 heavy (non-hydrogen) atoms. The molecule has 0 radical (unpaired) electrons. The highest BCUT2D eigenvalue weighted by Gasteiger charge is 2.29. The van der Waals surface area contributed by atoms with Gasteiger partial charge >= 0.3 is 0 Å². The van der Waals surface area contributed by atoms with Gasteiger partial charge in [0, 0.05) is 43.4 Å². The number of benzene rings is 1. The Morgan fingerprint density at radius 2 is 1.75 bits per heavy atom. The van der Waals surface area contributed by atoms with E-state index in [-0.39, 0.29) is 30.5 Å². The van der Waals surface area contributed by atoms with Gasteiger partial charge in [-0.15, -0.1) is 0 Å². The number of aryl methyl sites for hydroxylation is 2. The minimum atomic E-state index is 0.0900. The first-order valence-corrected chi connectivity index (χ1v) is 16.9. The number of rotatable bonds is 10. The molecule has 3 fully saturated rings. The fourth-order valence-corrected chi connectivity index (χ4v) is 7.40. The van der Waals surface area contributed by atoms with E-state index in [1.807, 2.05) is 6.20 Å². The lowest BCUT2D eigenvalue weighted by molar-refractivity contribution is -0.126. The number of imidazole rings is 1. The Labute approximate surface area is 261 Å². The van der Waals surface area contributed by atoms with Gasteiger partial charge in [-0.3, -0.25) is 9.36 Å². The number of aromatic nitrogens is 4. The van der Waals surface area contributed by atoms with Crippen molar-refractivity contribution >= 4 is 34.7 Å². The molecule has 1 saturated heterocycles. The van der Waals surface area contributed by atoms with Crippen molar-refractivity contribution < 1.29 is 9.90 Å². The van der Waals surface area contributed by atoms with Crippen LogP contribution >= 0.6 is 0 Å². The molecule has 3 aliphatic rings. The maximum absolute atomic E-state index is 12.8. The summed E-state index contributed by atoms with van der Waals surface area (Å²) in [4.78, 5) is 30.0. The van der Waals surface area contributed by atoms with Gasteiger partial charge in [0.1, 0.15) is 5.52 Å². The fraction of sp³-hybridized carbons (Fsp3) is 0.647. The van der Waals surface area contributed by atoms with Gasteiger partial charge in [-0.2, -0.15) is 4.98 Å². The number of hydrogen-bond acceptors (Lipinski definition) is 8. The number of hydrogen-bond donors (Lipinski definition) is 4. The lowest BCUT2D eigenvalue weighted by atomic mass is 9.85. The summed E-state index contributed by atoms with van der Waals surface area (Å²) in [6, 6.07) is 6.90. The van der Waals surface area contributed by atoms with Gasteiger partial charge in [0.05, 0.1) is 6.20 Å². The number of nitrogens with one attached hydrogen (secondary N) is 3. The number of aliphatic hydroxyl groups is 1. The average Bonchev–Trinajstić information content (AvgIpc) is 3.40.